The fraction of sp³-hybridized carbons (Fsp3) is 0.905. The summed E-state index contributed by atoms with van der Waals surface area (Å²) in [6, 6.07) is 0. The third-order valence-corrected chi connectivity index (χ3v) is 11.8. The molecule has 0 aromatic rings. The first kappa shape index (κ1) is 21.9. The van der Waals surface area contributed by atoms with Gasteiger partial charge in [-0.3, -0.25) is 0 Å². The first-order valence-electron chi connectivity index (χ1n) is 9.75. The van der Waals surface area contributed by atoms with Crippen molar-refractivity contribution in [2.24, 2.45) is 11.3 Å². The molecule has 1 fully saturated rings. The number of aliphatic hydroxyl groups is 1. The van der Waals surface area contributed by atoms with Gasteiger partial charge in [-0.15, -0.1) is 0 Å². The quantitative estimate of drug-likeness (QED) is 0.447. The van der Waals surface area contributed by atoms with Crippen molar-refractivity contribution in [3.63, 3.8) is 0 Å². The zero-order chi connectivity index (χ0) is 18.8. The molecule has 0 heterocycles. The zero-order valence-electron chi connectivity index (χ0n) is 17.8. The fourth-order valence-corrected chi connectivity index (χ4v) is 4.53. The highest BCUT2D eigenvalue weighted by Gasteiger charge is 2.48. The predicted molar refractivity (Wildman–Crippen MR) is 108 cm³/mol. The largest absolute Gasteiger partial charge is 0.417 e. The Bertz CT molecular complexity index is 445. The van der Waals surface area contributed by atoms with E-state index in [-0.39, 0.29) is 10.5 Å². The van der Waals surface area contributed by atoms with Gasteiger partial charge in [0, 0.05) is 12.0 Å². The summed E-state index contributed by atoms with van der Waals surface area (Å²) < 4.78 is 6.29. The molecule has 0 aliphatic heterocycles. The van der Waals surface area contributed by atoms with Crippen LogP contribution in [0.3, 0.4) is 0 Å². The molecule has 1 aliphatic carbocycles. The summed E-state index contributed by atoms with van der Waals surface area (Å²) in [4.78, 5) is 0. The van der Waals surface area contributed by atoms with Crippen molar-refractivity contribution < 1.29 is 9.53 Å². The van der Waals surface area contributed by atoms with Crippen LogP contribution in [0.4, 0.5) is 0 Å². The molecule has 0 aromatic heterocycles. The van der Waals surface area contributed by atoms with Gasteiger partial charge in [-0.1, -0.05) is 52.7 Å². The molecule has 142 valence electrons. The molecule has 1 rings (SSSR count). The van der Waals surface area contributed by atoms with Crippen molar-refractivity contribution >= 4 is 8.32 Å². The van der Waals surface area contributed by atoms with Gasteiger partial charge < -0.3 is 9.53 Å². The van der Waals surface area contributed by atoms with Gasteiger partial charge in [0.1, 0.15) is 0 Å². The Labute approximate surface area is 152 Å². The van der Waals surface area contributed by atoms with Gasteiger partial charge >= 0.3 is 0 Å². The topological polar surface area (TPSA) is 29.5 Å². The van der Waals surface area contributed by atoms with Crippen molar-refractivity contribution in [1.29, 1.82) is 0 Å². The lowest BCUT2D eigenvalue weighted by Crippen LogP contribution is -2.50. The molecule has 2 nitrogen and oxygen atoms in total. The van der Waals surface area contributed by atoms with E-state index in [1.54, 1.807) is 0 Å². The van der Waals surface area contributed by atoms with Gasteiger partial charge in [-0.2, -0.15) is 0 Å². The van der Waals surface area contributed by atoms with Gasteiger partial charge in [-0.25, -0.2) is 0 Å². The summed E-state index contributed by atoms with van der Waals surface area (Å²) in [5.41, 5.74) is 0.815. The molecule has 1 N–H and O–H groups in total. The van der Waals surface area contributed by atoms with Crippen molar-refractivity contribution in [1.82, 2.24) is 0 Å². The van der Waals surface area contributed by atoms with Crippen LogP contribution in [0.2, 0.25) is 18.1 Å². The van der Waals surface area contributed by atoms with Crippen LogP contribution >= 0.6 is 0 Å². The summed E-state index contributed by atoms with van der Waals surface area (Å²) in [5.74, 6) is 0.564. The molecule has 0 amide bonds. The smallest absolute Gasteiger partial charge is 0.191 e. The molecular weight excluding hydrogens is 312 g/mol. The lowest BCUT2D eigenvalue weighted by molar-refractivity contribution is -0.118. The summed E-state index contributed by atoms with van der Waals surface area (Å²) >= 11 is 0. The van der Waals surface area contributed by atoms with E-state index in [0.29, 0.717) is 5.92 Å². The summed E-state index contributed by atoms with van der Waals surface area (Å²) in [6.45, 7) is 21.1. The molecule has 1 saturated carbocycles. The van der Waals surface area contributed by atoms with Crippen LogP contribution < -0.4 is 0 Å². The molecule has 0 saturated heterocycles. The SMILES string of the molecule is C/C(=C\C[C@@]1(C)[C@H](C)CCC[C@@]1(C)O)CCO[Si](C)(C)C(C)(C)C. The lowest BCUT2D eigenvalue weighted by Gasteiger charge is -2.50. The lowest BCUT2D eigenvalue weighted by atomic mass is 9.58. The Morgan fingerprint density at radius 3 is 2.38 bits per heavy atom. The molecule has 3 atom stereocenters. The third kappa shape index (κ3) is 4.95. The second kappa shape index (κ2) is 7.63. The van der Waals surface area contributed by atoms with Gasteiger partial charge in [0.15, 0.2) is 8.32 Å². The number of rotatable bonds is 6. The number of allylic oxidation sites excluding steroid dienone is 1. The summed E-state index contributed by atoms with van der Waals surface area (Å²) in [7, 11) is -1.64. The predicted octanol–water partition coefficient (Wildman–Crippen LogP) is 6.31. The Morgan fingerprint density at radius 1 is 1.29 bits per heavy atom. The van der Waals surface area contributed by atoms with Crippen molar-refractivity contribution in [3.8, 4) is 0 Å². The van der Waals surface area contributed by atoms with Crippen molar-refractivity contribution in [3.05, 3.63) is 11.6 Å². The minimum absolute atomic E-state index is 0.0210. The van der Waals surface area contributed by atoms with Gasteiger partial charge in [0.2, 0.25) is 0 Å². The second-order valence-corrected chi connectivity index (χ2v) is 14.9. The maximum absolute atomic E-state index is 10.9. The maximum atomic E-state index is 10.9. The average molecular weight is 355 g/mol. The Balaban J connectivity index is 2.61. The number of hydrogen-bond donors (Lipinski definition) is 1. The Hall–Kier alpha value is -0.123. The van der Waals surface area contributed by atoms with Crippen LogP contribution in [-0.2, 0) is 4.43 Å². The first-order chi connectivity index (χ1) is 10.7. The Morgan fingerprint density at radius 2 is 1.88 bits per heavy atom. The standard InChI is InChI=1S/C21H42O2Si/c1-17(13-16-23-24(8,9)19(3,4)5)12-15-20(6)18(2)11-10-14-21(20,7)22/h12,18,22H,10-11,13-16H2,1-9H3/b17-12+/t18-,20+,21-/m1/s1. The molecule has 0 aromatic carbocycles. The first-order valence-corrected chi connectivity index (χ1v) is 12.7. The number of hydrogen-bond acceptors (Lipinski definition) is 2. The van der Waals surface area contributed by atoms with Gasteiger partial charge in [-0.05, 0) is 63.6 Å². The van der Waals surface area contributed by atoms with E-state index >= 15 is 0 Å². The van der Waals surface area contributed by atoms with Crippen LogP contribution in [0, 0.1) is 11.3 Å². The highest BCUT2D eigenvalue weighted by atomic mass is 28.4. The summed E-state index contributed by atoms with van der Waals surface area (Å²) in [6.07, 6.45) is 7.62. The van der Waals surface area contributed by atoms with Crippen LogP contribution in [0.15, 0.2) is 11.6 Å². The van der Waals surface area contributed by atoms with E-state index in [1.165, 1.54) is 12.0 Å². The molecule has 0 bridgehead atoms. The fourth-order valence-electron chi connectivity index (χ4n) is 3.48. The van der Waals surface area contributed by atoms with Crippen molar-refractivity contribution in [2.45, 2.75) is 104 Å². The minimum atomic E-state index is -1.64. The van der Waals surface area contributed by atoms with Gasteiger partial charge in [0.05, 0.1) is 5.60 Å². The summed E-state index contributed by atoms with van der Waals surface area (Å²) in [5, 5.41) is 11.2. The van der Waals surface area contributed by atoms with E-state index in [4.69, 9.17) is 4.43 Å². The normalized spacial score (nSPS) is 32.9. The highest BCUT2D eigenvalue weighted by Crippen LogP contribution is 2.50. The molecule has 0 spiro atoms. The molecular formula is C21H42O2Si. The minimum Gasteiger partial charge on any atom is -0.417 e. The second-order valence-electron chi connectivity index (χ2n) is 10.1. The monoisotopic (exact) mass is 354 g/mol. The van der Waals surface area contributed by atoms with E-state index in [2.05, 4.69) is 60.7 Å². The van der Waals surface area contributed by atoms with E-state index in [9.17, 15) is 5.11 Å². The third-order valence-electron chi connectivity index (χ3n) is 7.26. The average Bonchev–Trinajstić information content (AvgIpc) is 2.41. The van der Waals surface area contributed by atoms with Crippen molar-refractivity contribution in [2.75, 3.05) is 6.61 Å². The van der Waals surface area contributed by atoms with Crippen LogP contribution in [0.1, 0.15) is 80.6 Å². The van der Waals surface area contributed by atoms with Crippen LogP contribution in [-0.4, -0.2) is 25.6 Å². The van der Waals surface area contributed by atoms with E-state index in [0.717, 1.165) is 32.3 Å². The van der Waals surface area contributed by atoms with Gasteiger partial charge in [0.25, 0.3) is 0 Å². The van der Waals surface area contributed by atoms with E-state index in [1.807, 2.05) is 6.92 Å². The van der Waals surface area contributed by atoms with Crippen LogP contribution in [0.5, 0.6) is 0 Å². The molecule has 1 aliphatic rings. The molecule has 0 radical (unpaired) electrons. The van der Waals surface area contributed by atoms with E-state index < -0.39 is 13.9 Å². The Kier molecular flexibility index (Phi) is 6.97. The van der Waals surface area contributed by atoms with Crippen LogP contribution in [0.25, 0.3) is 0 Å². The molecule has 3 heteroatoms. The maximum Gasteiger partial charge on any atom is 0.191 e. The molecule has 24 heavy (non-hydrogen) atoms. The highest BCUT2D eigenvalue weighted by molar-refractivity contribution is 6.74. The molecule has 0 unspecified atom stereocenters. The zero-order valence-corrected chi connectivity index (χ0v) is 18.8.